The van der Waals surface area contributed by atoms with E-state index in [0.717, 1.165) is 0 Å². The van der Waals surface area contributed by atoms with E-state index in [0.29, 0.717) is 45.2 Å². The van der Waals surface area contributed by atoms with E-state index in [1.54, 1.807) is 30.3 Å². The Labute approximate surface area is 197 Å². The number of methoxy groups -OCH3 is 6. The third kappa shape index (κ3) is 4.80. The molecule has 0 saturated heterocycles. The maximum absolute atomic E-state index is 13.2. The fourth-order valence-corrected chi connectivity index (χ4v) is 3.67. The van der Waals surface area contributed by atoms with Gasteiger partial charge in [0.2, 0.25) is 5.75 Å². The van der Waals surface area contributed by atoms with Crippen molar-refractivity contribution < 1.29 is 38.0 Å². The van der Waals surface area contributed by atoms with Gasteiger partial charge in [0.05, 0.1) is 60.6 Å². The Morgan fingerprint density at radius 1 is 0.824 bits per heavy atom. The molecule has 0 saturated carbocycles. The first-order valence-corrected chi connectivity index (χ1v) is 10.3. The minimum atomic E-state index is -0.683. The molecule has 0 bridgehead atoms. The van der Waals surface area contributed by atoms with Crippen LogP contribution in [0.3, 0.4) is 0 Å². The van der Waals surface area contributed by atoms with Crippen LogP contribution >= 0.6 is 0 Å². The van der Waals surface area contributed by atoms with Crippen LogP contribution in [0, 0.1) is 0 Å². The van der Waals surface area contributed by atoms with Crippen LogP contribution in [-0.4, -0.2) is 59.5 Å². The van der Waals surface area contributed by atoms with Crippen LogP contribution in [-0.2, 0) is 9.53 Å². The first kappa shape index (κ1) is 24.6. The first-order valence-electron chi connectivity index (χ1n) is 10.3. The summed E-state index contributed by atoms with van der Waals surface area (Å²) in [5.41, 5.74) is 1.48. The highest BCUT2D eigenvalue weighted by molar-refractivity contribution is 6.01. The monoisotopic (exact) mass is 472 g/mol. The molecule has 1 atom stereocenters. The number of H-pyrrole nitrogens is 1. The summed E-state index contributed by atoms with van der Waals surface area (Å²) in [6, 6.07) is 7.88. The predicted molar refractivity (Wildman–Crippen MR) is 124 cm³/mol. The van der Waals surface area contributed by atoms with Crippen molar-refractivity contribution in [2.45, 2.75) is 12.5 Å². The second kappa shape index (κ2) is 10.7. The zero-order valence-corrected chi connectivity index (χ0v) is 19.9. The van der Waals surface area contributed by atoms with Crippen molar-refractivity contribution >= 4 is 22.8 Å². The summed E-state index contributed by atoms with van der Waals surface area (Å²) in [5.74, 6) is 1.36. The number of nitrogens with one attached hydrogen (secondary N) is 2. The summed E-state index contributed by atoms with van der Waals surface area (Å²) in [5, 5.41) is 3.58. The molecule has 2 aromatic carbocycles. The topological polar surface area (TPSA) is 117 Å². The molecule has 1 amide bonds. The van der Waals surface area contributed by atoms with E-state index < -0.39 is 17.9 Å². The van der Waals surface area contributed by atoms with Crippen LogP contribution in [0.15, 0.2) is 30.3 Å². The molecule has 3 rings (SSSR count). The lowest BCUT2D eigenvalue weighted by atomic mass is 10.0. The van der Waals surface area contributed by atoms with E-state index in [2.05, 4.69) is 10.3 Å². The molecular weight excluding hydrogens is 444 g/mol. The van der Waals surface area contributed by atoms with E-state index in [1.165, 1.54) is 42.7 Å². The van der Waals surface area contributed by atoms with Crippen molar-refractivity contribution in [2.24, 2.45) is 0 Å². The minimum absolute atomic E-state index is 0.0804. The van der Waals surface area contributed by atoms with Gasteiger partial charge in [-0.25, -0.2) is 0 Å². The zero-order valence-electron chi connectivity index (χ0n) is 19.9. The first-order chi connectivity index (χ1) is 16.4. The van der Waals surface area contributed by atoms with E-state index in [9.17, 15) is 9.59 Å². The second-order valence-electron chi connectivity index (χ2n) is 7.21. The van der Waals surface area contributed by atoms with Crippen molar-refractivity contribution in [1.29, 1.82) is 0 Å². The standard InChI is InChI=1S/C24H28N2O8/c1-29-17-8-7-13(10-18(17)30-2)15(12-20(27)32-4)26-24(28)16-9-14-11-19(31-3)22(33-5)23(34-6)21(14)25-16/h7-11,15,25H,12H2,1-6H3,(H,26,28). The van der Waals surface area contributed by atoms with Crippen LogP contribution in [0.1, 0.15) is 28.5 Å². The molecule has 2 N–H and O–H groups in total. The molecule has 0 spiro atoms. The zero-order chi connectivity index (χ0) is 24.8. The van der Waals surface area contributed by atoms with Crippen molar-refractivity contribution in [3.05, 3.63) is 41.6 Å². The van der Waals surface area contributed by atoms with Crippen molar-refractivity contribution in [1.82, 2.24) is 10.3 Å². The van der Waals surface area contributed by atoms with E-state index >= 15 is 0 Å². The number of ether oxygens (including phenoxy) is 6. The fourth-order valence-electron chi connectivity index (χ4n) is 3.67. The third-order valence-corrected chi connectivity index (χ3v) is 5.38. The number of esters is 1. The highest BCUT2D eigenvalue weighted by Crippen LogP contribution is 2.43. The molecule has 10 nitrogen and oxygen atoms in total. The lowest BCUT2D eigenvalue weighted by Crippen LogP contribution is -2.30. The molecule has 0 aliphatic heterocycles. The summed E-state index contributed by atoms with van der Waals surface area (Å²) in [7, 11) is 8.85. The van der Waals surface area contributed by atoms with Gasteiger partial charge in [0.1, 0.15) is 5.69 Å². The van der Waals surface area contributed by atoms with E-state index in [1.807, 2.05) is 0 Å². The van der Waals surface area contributed by atoms with Gasteiger partial charge >= 0.3 is 5.97 Å². The van der Waals surface area contributed by atoms with E-state index in [-0.39, 0.29) is 12.1 Å². The maximum atomic E-state index is 13.2. The quantitative estimate of drug-likeness (QED) is 0.432. The van der Waals surface area contributed by atoms with Gasteiger partial charge in [-0.2, -0.15) is 0 Å². The number of carbonyl (C=O) groups excluding carboxylic acids is 2. The second-order valence-corrected chi connectivity index (χ2v) is 7.21. The minimum Gasteiger partial charge on any atom is -0.493 e. The van der Waals surface area contributed by atoms with Gasteiger partial charge in [0.25, 0.3) is 5.91 Å². The molecule has 0 aliphatic carbocycles. The average Bonchev–Trinajstić information content (AvgIpc) is 3.30. The van der Waals surface area contributed by atoms with Gasteiger partial charge in [-0.15, -0.1) is 0 Å². The Kier molecular flexibility index (Phi) is 7.72. The highest BCUT2D eigenvalue weighted by atomic mass is 16.5. The Bertz CT molecular complexity index is 1190. The molecule has 3 aromatic rings. The number of hydrogen-bond donors (Lipinski definition) is 2. The van der Waals surface area contributed by atoms with Gasteiger partial charge < -0.3 is 38.7 Å². The number of rotatable bonds is 10. The van der Waals surface area contributed by atoms with Gasteiger partial charge in [-0.1, -0.05) is 6.07 Å². The molecular formula is C24H28N2O8. The number of fused-ring (bicyclic) bond motifs is 1. The summed E-state index contributed by atoms with van der Waals surface area (Å²) < 4.78 is 31.7. The Hall–Kier alpha value is -4.08. The van der Waals surface area contributed by atoms with Crippen LogP contribution in [0.4, 0.5) is 0 Å². The molecule has 1 unspecified atom stereocenters. The molecule has 34 heavy (non-hydrogen) atoms. The van der Waals surface area contributed by atoms with Crippen LogP contribution in [0.25, 0.3) is 10.9 Å². The van der Waals surface area contributed by atoms with E-state index in [4.69, 9.17) is 28.4 Å². The largest absolute Gasteiger partial charge is 0.493 e. The normalized spacial score (nSPS) is 11.5. The van der Waals surface area contributed by atoms with Gasteiger partial charge in [-0.3, -0.25) is 9.59 Å². The number of hydrogen-bond acceptors (Lipinski definition) is 8. The third-order valence-electron chi connectivity index (χ3n) is 5.38. The average molecular weight is 472 g/mol. The number of amides is 1. The number of aromatic nitrogens is 1. The molecule has 182 valence electrons. The number of benzene rings is 2. The van der Waals surface area contributed by atoms with Crippen LogP contribution in [0.5, 0.6) is 28.7 Å². The van der Waals surface area contributed by atoms with Crippen molar-refractivity contribution in [3.63, 3.8) is 0 Å². The SMILES string of the molecule is COC(=O)CC(NC(=O)c1cc2cc(OC)c(OC)c(OC)c2[nH]1)c1ccc(OC)c(OC)c1. The Balaban J connectivity index is 1.99. The maximum Gasteiger partial charge on any atom is 0.307 e. The molecule has 10 heteroatoms. The number of aromatic amines is 1. The highest BCUT2D eigenvalue weighted by Gasteiger charge is 2.24. The summed E-state index contributed by atoms with van der Waals surface area (Å²) in [6.45, 7) is 0. The van der Waals surface area contributed by atoms with Gasteiger partial charge in [0.15, 0.2) is 23.0 Å². The van der Waals surface area contributed by atoms with Gasteiger partial charge in [0, 0.05) is 5.39 Å². The fraction of sp³-hybridized carbons (Fsp3) is 0.333. The molecule has 0 radical (unpaired) electrons. The molecule has 0 aliphatic rings. The lowest BCUT2D eigenvalue weighted by Gasteiger charge is -2.19. The lowest BCUT2D eigenvalue weighted by molar-refractivity contribution is -0.141. The summed E-state index contributed by atoms with van der Waals surface area (Å²) in [4.78, 5) is 28.3. The van der Waals surface area contributed by atoms with Crippen LogP contribution in [0.2, 0.25) is 0 Å². The predicted octanol–water partition coefficient (Wildman–Crippen LogP) is 3.25. The number of carbonyl (C=O) groups is 2. The Morgan fingerprint density at radius 3 is 2.09 bits per heavy atom. The molecule has 1 aromatic heterocycles. The van der Waals surface area contributed by atoms with Crippen molar-refractivity contribution in [2.75, 3.05) is 42.7 Å². The van der Waals surface area contributed by atoms with Crippen molar-refractivity contribution in [3.8, 4) is 28.7 Å². The Morgan fingerprint density at radius 2 is 1.50 bits per heavy atom. The van der Waals surface area contributed by atoms with Gasteiger partial charge in [-0.05, 0) is 29.8 Å². The molecule has 0 fully saturated rings. The summed E-state index contributed by atoms with van der Waals surface area (Å²) >= 11 is 0. The summed E-state index contributed by atoms with van der Waals surface area (Å²) in [6.07, 6.45) is -0.0804. The smallest absolute Gasteiger partial charge is 0.307 e. The van der Waals surface area contributed by atoms with Crippen LogP contribution < -0.4 is 29.0 Å². The molecule has 1 heterocycles.